The summed E-state index contributed by atoms with van der Waals surface area (Å²) in [5.41, 5.74) is 9.41. The Morgan fingerprint density at radius 1 is 1.28 bits per heavy atom. The van der Waals surface area contributed by atoms with Crippen molar-refractivity contribution in [1.82, 2.24) is 9.97 Å². The molecule has 0 saturated heterocycles. The fourth-order valence-corrected chi connectivity index (χ4v) is 2.59. The maximum Gasteiger partial charge on any atom is 0.141 e. The minimum Gasteiger partial charge on any atom is -0.383 e. The summed E-state index contributed by atoms with van der Waals surface area (Å²) in [5.74, 6) is 1.47. The summed E-state index contributed by atoms with van der Waals surface area (Å²) in [6, 6.07) is 8.85. The topological polar surface area (TPSA) is 55.0 Å². The molecule has 4 heteroatoms. The molecule has 4 nitrogen and oxygen atoms in total. The predicted molar refractivity (Wildman–Crippen MR) is 72.9 cm³/mol. The molecule has 1 unspecified atom stereocenters. The number of nitrogens with two attached hydrogens (primary N) is 1. The molecule has 92 valence electrons. The Bertz CT molecular complexity index is 594. The van der Waals surface area contributed by atoms with E-state index in [2.05, 4.69) is 46.1 Å². The van der Waals surface area contributed by atoms with Crippen molar-refractivity contribution in [3.63, 3.8) is 0 Å². The van der Waals surface area contributed by atoms with Crippen LogP contribution in [0.4, 0.5) is 17.3 Å². The lowest BCUT2D eigenvalue weighted by Crippen LogP contribution is -2.26. The summed E-state index contributed by atoms with van der Waals surface area (Å²) in [6.45, 7) is 4.18. The number of fused-ring (bicyclic) bond motifs is 1. The van der Waals surface area contributed by atoms with Crippen LogP contribution in [0, 0.1) is 6.92 Å². The third kappa shape index (κ3) is 1.53. The van der Waals surface area contributed by atoms with Gasteiger partial charge in [0.2, 0.25) is 0 Å². The second-order valence-electron chi connectivity index (χ2n) is 4.76. The number of hydrogen-bond acceptors (Lipinski definition) is 4. The summed E-state index contributed by atoms with van der Waals surface area (Å²) in [7, 11) is 0. The number of nitrogens with zero attached hydrogens (tertiary/aromatic N) is 3. The number of para-hydroxylation sites is 1. The maximum atomic E-state index is 5.88. The lowest BCUT2D eigenvalue weighted by atomic mass is 10.1. The Balaban J connectivity index is 2.15. The van der Waals surface area contributed by atoms with Gasteiger partial charge in [-0.1, -0.05) is 18.2 Å². The standard InChI is InChI=1S/C14H16N4/c1-9-7-11-5-3-4-6-12(11)18(9)14-10(2)13(15)16-8-17-14/h3-6,8-9H,7H2,1-2H3,(H2,15,16,17). The molecule has 1 aromatic carbocycles. The molecule has 2 aromatic rings. The van der Waals surface area contributed by atoms with Crippen LogP contribution in [0.5, 0.6) is 0 Å². The summed E-state index contributed by atoms with van der Waals surface area (Å²) in [4.78, 5) is 10.7. The van der Waals surface area contributed by atoms with Crippen molar-refractivity contribution in [3.05, 3.63) is 41.7 Å². The second-order valence-corrected chi connectivity index (χ2v) is 4.76. The average molecular weight is 240 g/mol. The SMILES string of the molecule is Cc1c(N)ncnc1N1c2ccccc2CC1C. The van der Waals surface area contributed by atoms with Crippen LogP contribution in [0.2, 0.25) is 0 Å². The molecule has 0 bridgehead atoms. The molecule has 18 heavy (non-hydrogen) atoms. The third-order valence-electron chi connectivity index (χ3n) is 3.53. The van der Waals surface area contributed by atoms with Gasteiger partial charge in [-0.25, -0.2) is 9.97 Å². The van der Waals surface area contributed by atoms with Gasteiger partial charge >= 0.3 is 0 Å². The molecule has 1 aromatic heterocycles. The van der Waals surface area contributed by atoms with Crippen LogP contribution >= 0.6 is 0 Å². The highest BCUT2D eigenvalue weighted by atomic mass is 15.2. The molecule has 0 radical (unpaired) electrons. The van der Waals surface area contributed by atoms with E-state index in [1.54, 1.807) is 0 Å². The van der Waals surface area contributed by atoms with Gasteiger partial charge in [0.25, 0.3) is 0 Å². The molecule has 0 aliphatic carbocycles. The van der Waals surface area contributed by atoms with Crippen molar-refractivity contribution in [1.29, 1.82) is 0 Å². The van der Waals surface area contributed by atoms with Gasteiger partial charge in [-0.05, 0) is 31.9 Å². The largest absolute Gasteiger partial charge is 0.383 e. The second kappa shape index (κ2) is 3.98. The molecule has 0 saturated carbocycles. The first kappa shape index (κ1) is 11.0. The number of hydrogen-bond donors (Lipinski definition) is 1. The smallest absolute Gasteiger partial charge is 0.141 e. The van der Waals surface area contributed by atoms with Gasteiger partial charge in [0.1, 0.15) is 18.0 Å². The third-order valence-corrected chi connectivity index (χ3v) is 3.53. The maximum absolute atomic E-state index is 5.88. The van der Waals surface area contributed by atoms with E-state index in [9.17, 15) is 0 Å². The zero-order valence-corrected chi connectivity index (χ0v) is 10.6. The molecule has 0 amide bonds. The van der Waals surface area contributed by atoms with Crippen molar-refractivity contribution in [2.24, 2.45) is 0 Å². The first-order valence-electron chi connectivity index (χ1n) is 6.12. The molecule has 2 heterocycles. The molecule has 2 N–H and O–H groups in total. The van der Waals surface area contributed by atoms with E-state index >= 15 is 0 Å². The Kier molecular flexibility index (Phi) is 2.44. The van der Waals surface area contributed by atoms with Gasteiger partial charge in [0.05, 0.1) is 0 Å². The van der Waals surface area contributed by atoms with Gasteiger partial charge < -0.3 is 10.6 Å². The highest BCUT2D eigenvalue weighted by molar-refractivity contribution is 5.72. The number of aromatic nitrogens is 2. The summed E-state index contributed by atoms with van der Waals surface area (Å²) in [5, 5.41) is 0. The van der Waals surface area contributed by atoms with Gasteiger partial charge in [-0.3, -0.25) is 0 Å². The molecular weight excluding hydrogens is 224 g/mol. The van der Waals surface area contributed by atoms with Crippen LogP contribution in [0.1, 0.15) is 18.1 Å². The van der Waals surface area contributed by atoms with Gasteiger partial charge in [0, 0.05) is 17.3 Å². The summed E-state index contributed by atoms with van der Waals surface area (Å²) in [6.07, 6.45) is 2.57. The van der Waals surface area contributed by atoms with Crippen molar-refractivity contribution in [2.75, 3.05) is 10.6 Å². The van der Waals surface area contributed by atoms with E-state index < -0.39 is 0 Å². The summed E-state index contributed by atoms with van der Waals surface area (Å²) < 4.78 is 0. The molecular formula is C14H16N4. The minimum atomic E-state index is 0.399. The van der Waals surface area contributed by atoms with Gasteiger partial charge in [-0.15, -0.1) is 0 Å². The van der Waals surface area contributed by atoms with Gasteiger partial charge in [-0.2, -0.15) is 0 Å². The Labute approximate surface area is 106 Å². The van der Waals surface area contributed by atoms with E-state index in [4.69, 9.17) is 5.73 Å². The van der Waals surface area contributed by atoms with Gasteiger partial charge in [0.15, 0.2) is 0 Å². The fraction of sp³-hybridized carbons (Fsp3) is 0.286. The number of rotatable bonds is 1. The van der Waals surface area contributed by atoms with E-state index in [1.807, 2.05) is 6.92 Å². The molecule has 1 atom stereocenters. The zero-order chi connectivity index (χ0) is 12.7. The van der Waals surface area contributed by atoms with E-state index in [-0.39, 0.29) is 0 Å². The van der Waals surface area contributed by atoms with Crippen LogP contribution < -0.4 is 10.6 Å². The number of anilines is 3. The van der Waals surface area contributed by atoms with Crippen molar-refractivity contribution in [3.8, 4) is 0 Å². The van der Waals surface area contributed by atoms with Crippen LogP contribution in [0.25, 0.3) is 0 Å². The molecule has 3 rings (SSSR count). The monoisotopic (exact) mass is 240 g/mol. The van der Waals surface area contributed by atoms with Crippen LogP contribution in [-0.4, -0.2) is 16.0 Å². The quantitative estimate of drug-likeness (QED) is 0.831. The van der Waals surface area contributed by atoms with Crippen LogP contribution in [0.3, 0.4) is 0 Å². The molecule has 0 spiro atoms. The summed E-state index contributed by atoms with van der Waals surface area (Å²) >= 11 is 0. The molecule has 0 fully saturated rings. The normalized spacial score (nSPS) is 17.9. The van der Waals surface area contributed by atoms with E-state index in [1.165, 1.54) is 17.6 Å². The highest BCUT2D eigenvalue weighted by Gasteiger charge is 2.29. The molecule has 1 aliphatic rings. The first-order chi connectivity index (χ1) is 8.68. The van der Waals surface area contributed by atoms with Crippen molar-refractivity contribution in [2.45, 2.75) is 26.3 Å². The van der Waals surface area contributed by atoms with E-state index in [0.717, 1.165) is 17.8 Å². The van der Waals surface area contributed by atoms with Crippen molar-refractivity contribution >= 4 is 17.3 Å². The lowest BCUT2D eigenvalue weighted by Gasteiger charge is -2.25. The van der Waals surface area contributed by atoms with E-state index in [0.29, 0.717) is 11.9 Å². The first-order valence-corrected chi connectivity index (χ1v) is 6.12. The lowest BCUT2D eigenvalue weighted by molar-refractivity contribution is 0.747. The van der Waals surface area contributed by atoms with Crippen LogP contribution in [0.15, 0.2) is 30.6 Å². The van der Waals surface area contributed by atoms with Crippen LogP contribution in [-0.2, 0) is 6.42 Å². The Morgan fingerprint density at radius 2 is 2.06 bits per heavy atom. The predicted octanol–water partition coefficient (Wildman–Crippen LogP) is 2.45. The Hall–Kier alpha value is -2.10. The number of benzene rings is 1. The average Bonchev–Trinajstić information content (AvgIpc) is 2.69. The minimum absolute atomic E-state index is 0.399. The number of nitrogen functional groups attached to an aromatic ring is 1. The fourth-order valence-electron chi connectivity index (χ4n) is 2.59. The van der Waals surface area contributed by atoms with Crippen molar-refractivity contribution < 1.29 is 0 Å². The molecule has 1 aliphatic heterocycles. The zero-order valence-electron chi connectivity index (χ0n) is 10.6. The Morgan fingerprint density at radius 3 is 2.89 bits per heavy atom. The highest BCUT2D eigenvalue weighted by Crippen LogP contribution is 2.38.